The van der Waals surface area contributed by atoms with Gasteiger partial charge in [0.1, 0.15) is 0 Å². The summed E-state index contributed by atoms with van der Waals surface area (Å²) in [6.45, 7) is 7.15. The van der Waals surface area contributed by atoms with Crippen LogP contribution in [0.1, 0.15) is 6.92 Å². The minimum absolute atomic E-state index is 0.244. The normalized spacial score (nSPS) is 44.1. The van der Waals surface area contributed by atoms with Gasteiger partial charge in [-0.2, -0.15) is 0 Å². The maximum absolute atomic E-state index is 5.66. The first-order valence-corrected chi connectivity index (χ1v) is 4.68. The molecule has 3 heteroatoms. The minimum Gasteiger partial charge on any atom is -0.374 e. The molecule has 0 bridgehead atoms. The highest BCUT2D eigenvalue weighted by atomic mass is 16.6. The Hall–Kier alpha value is -0.670. The molecular formula is C10H15NO2. The van der Waals surface area contributed by atoms with Gasteiger partial charge in [-0.15, -0.1) is 0 Å². The largest absolute Gasteiger partial charge is 0.374 e. The van der Waals surface area contributed by atoms with Crippen LogP contribution in [0.4, 0.5) is 0 Å². The van der Waals surface area contributed by atoms with E-state index in [1.807, 2.05) is 6.08 Å². The molecule has 0 aromatic carbocycles. The van der Waals surface area contributed by atoms with Crippen molar-refractivity contribution < 1.29 is 9.47 Å². The fourth-order valence-electron chi connectivity index (χ4n) is 2.06. The lowest BCUT2D eigenvalue weighted by Gasteiger charge is -2.11. The van der Waals surface area contributed by atoms with Crippen LogP contribution in [0, 0.1) is 11.8 Å². The third kappa shape index (κ3) is 1.54. The molecule has 0 aromatic rings. The van der Waals surface area contributed by atoms with Crippen molar-refractivity contribution in [2.75, 3.05) is 13.2 Å². The van der Waals surface area contributed by atoms with Crippen LogP contribution in [-0.2, 0) is 9.47 Å². The molecule has 2 fully saturated rings. The lowest BCUT2D eigenvalue weighted by Crippen LogP contribution is -2.23. The summed E-state index contributed by atoms with van der Waals surface area (Å²) in [4.78, 5) is 3.69. The number of hydrogen-bond donors (Lipinski definition) is 0. The molecule has 0 saturated carbocycles. The zero-order valence-corrected chi connectivity index (χ0v) is 7.85. The van der Waals surface area contributed by atoms with Crippen molar-refractivity contribution in [2.24, 2.45) is 16.8 Å². The summed E-state index contributed by atoms with van der Waals surface area (Å²) < 4.78 is 11.3. The second-order valence-electron chi connectivity index (χ2n) is 3.76. The zero-order valence-electron chi connectivity index (χ0n) is 7.85. The van der Waals surface area contributed by atoms with Gasteiger partial charge in [0, 0.05) is 18.0 Å². The number of rotatable bonds is 2. The lowest BCUT2D eigenvalue weighted by atomic mass is 9.97. The van der Waals surface area contributed by atoms with Crippen molar-refractivity contribution >= 4 is 6.72 Å². The SMILES string of the molecule is C=N/C=C\C1COC2C(C)COC12. The molecule has 2 rings (SSSR count). The van der Waals surface area contributed by atoms with Crippen molar-refractivity contribution in [3.8, 4) is 0 Å². The van der Waals surface area contributed by atoms with E-state index in [1.165, 1.54) is 0 Å². The summed E-state index contributed by atoms with van der Waals surface area (Å²) in [5.74, 6) is 0.889. The summed E-state index contributed by atoms with van der Waals surface area (Å²) in [5, 5.41) is 0. The van der Waals surface area contributed by atoms with E-state index >= 15 is 0 Å². The van der Waals surface area contributed by atoms with Crippen molar-refractivity contribution in [3.63, 3.8) is 0 Å². The predicted molar refractivity (Wildman–Crippen MR) is 50.8 cm³/mol. The average molecular weight is 181 g/mol. The molecule has 4 atom stereocenters. The van der Waals surface area contributed by atoms with Crippen molar-refractivity contribution in [1.29, 1.82) is 0 Å². The molecule has 2 saturated heterocycles. The van der Waals surface area contributed by atoms with Gasteiger partial charge in [0.05, 0.1) is 25.4 Å². The highest BCUT2D eigenvalue weighted by Gasteiger charge is 2.44. The Morgan fingerprint density at radius 1 is 1.31 bits per heavy atom. The first kappa shape index (κ1) is 8.91. The molecule has 0 aromatic heterocycles. The number of ether oxygens (including phenoxy) is 2. The van der Waals surface area contributed by atoms with Crippen molar-refractivity contribution in [1.82, 2.24) is 0 Å². The molecule has 2 aliphatic rings. The third-order valence-electron chi connectivity index (χ3n) is 2.78. The maximum Gasteiger partial charge on any atom is 0.0925 e. The number of fused-ring (bicyclic) bond motifs is 1. The van der Waals surface area contributed by atoms with E-state index in [0.29, 0.717) is 17.9 Å². The topological polar surface area (TPSA) is 30.8 Å². The lowest BCUT2D eigenvalue weighted by molar-refractivity contribution is 0.0639. The summed E-state index contributed by atoms with van der Waals surface area (Å²) in [7, 11) is 0. The molecule has 3 nitrogen and oxygen atoms in total. The fraction of sp³-hybridized carbons (Fsp3) is 0.700. The first-order valence-electron chi connectivity index (χ1n) is 4.68. The number of hydrogen-bond acceptors (Lipinski definition) is 3. The van der Waals surface area contributed by atoms with E-state index in [0.717, 1.165) is 13.2 Å². The van der Waals surface area contributed by atoms with Crippen LogP contribution >= 0.6 is 0 Å². The van der Waals surface area contributed by atoms with E-state index in [-0.39, 0.29) is 6.10 Å². The van der Waals surface area contributed by atoms with Gasteiger partial charge in [0.25, 0.3) is 0 Å². The Morgan fingerprint density at radius 3 is 2.85 bits per heavy atom. The van der Waals surface area contributed by atoms with E-state index in [9.17, 15) is 0 Å². The quantitative estimate of drug-likeness (QED) is 0.600. The Balaban J connectivity index is 2.02. The van der Waals surface area contributed by atoms with Crippen LogP contribution in [0.15, 0.2) is 17.3 Å². The molecule has 0 aliphatic carbocycles. The zero-order chi connectivity index (χ0) is 9.26. The number of nitrogens with zero attached hydrogens (tertiary/aromatic N) is 1. The van der Waals surface area contributed by atoms with Gasteiger partial charge >= 0.3 is 0 Å². The molecule has 0 amide bonds. The fourth-order valence-corrected chi connectivity index (χ4v) is 2.06. The van der Waals surface area contributed by atoms with Gasteiger partial charge in [-0.3, -0.25) is 4.99 Å². The Labute approximate surface area is 78.4 Å². The molecule has 0 N–H and O–H groups in total. The molecule has 0 radical (unpaired) electrons. The molecular weight excluding hydrogens is 166 g/mol. The van der Waals surface area contributed by atoms with Crippen molar-refractivity contribution in [2.45, 2.75) is 19.1 Å². The van der Waals surface area contributed by atoms with E-state index in [2.05, 4.69) is 18.6 Å². The van der Waals surface area contributed by atoms with E-state index < -0.39 is 0 Å². The van der Waals surface area contributed by atoms with Crippen LogP contribution in [0.25, 0.3) is 0 Å². The van der Waals surface area contributed by atoms with Crippen LogP contribution in [0.2, 0.25) is 0 Å². The average Bonchev–Trinajstić information content (AvgIpc) is 2.67. The van der Waals surface area contributed by atoms with E-state index in [1.54, 1.807) is 6.20 Å². The molecule has 72 valence electrons. The highest BCUT2D eigenvalue weighted by Crippen LogP contribution is 2.34. The Bertz CT molecular complexity index is 227. The van der Waals surface area contributed by atoms with Crippen LogP contribution in [-0.4, -0.2) is 32.1 Å². The standard InChI is InChI=1S/C10H15NO2/c1-7-5-12-10-8(3-4-11-2)6-13-9(7)10/h3-4,7-10H,2,5-6H2,1H3/b4-3-. The summed E-state index contributed by atoms with van der Waals surface area (Å²) in [6.07, 6.45) is 4.28. The van der Waals surface area contributed by atoms with Crippen LogP contribution in [0.5, 0.6) is 0 Å². The maximum atomic E-state index is 5.66. The van der Waals surface area contributed by atoms with Gasteiger partial charge in [-0.05, 0) is 6.72 Å². The molecule has 2 heterocycles. The van der Waals surface area contributed by atoms with Crippen LogP contribution < -0.4 is 0 Å². The summed E-state index contributed by atoms with van der Waals surface area (Å²) >= 11 is 0. The van der Waals surface area contributed by atoms with Gasteiger partial charge < -0.3 is 9.47 Å². The smallest absolute Gasteiger partial charge is 0.0925 e. The van der Waals surface area contributed by atoms with Crippen LogP contribution in [0.3, 0.4) is 0 Å². The molecule has 13 heavy (non-hydrogen) atoms. The molecule has 0 spiro atoms. The summed E-state index contributed by atoms with van der Waals surface area (Å²) in [6, 6.07) is 0. The molecule has 4 unspecified atom stereocenters. The minimum atomic E-state index is 0.244. The highest BCUT2D eigenvalue weighted by molar-refractivity contribution is 5.25. The first-order chi connectivity index (χ1) is 6.33. The summed E-state index contributed by atoms with van der Waals surface area (Å²) in [5.41, 5.74) is 0. The Kier molecular flexibility index (Phi) is 2.47. The second-order valence-corrected chi connectivity index (χ2v) is 3.76. The molecule has 2 aliphatic heterocycles. The number of aliphatic imine (C=N–C) groups is 1. The monoisotopic (exact) mass is 181 g/mol. The van der Waals surface area contributed by atoms with Gasteiger partial charge in [-0.25, -0.2) is 0 Å². The van der Waals surface area contributed by atoms with Gasteiger partial charge in [0.15, 0.2) is 0 Å². The van der Waals surface area contributed by atoms with Gasteiger partial charge in [0.2, 0.25) is 0 Å². The van der Waals surface area contributed by atoms with E-state index in [4.69, 9.17) is 9.47 Å². The predicted octanol–water partition coefficient (Wildman–Crippen LogP) is 1.25. The van der Waals surface area contributed by atoms with Crippen molar-refractivity contribution in [3.05, 3.63) is 12.3 Å². The second kappa shape index (κ2) is 3.60. The third-order valence-corrected chi connectivity index (χ3v) is 2.78. The van der Waals surface area contributed by atoms with Gasteiger partial charge in [-0.1, -0.05) is 13.0 Å². The Morgan fingerprint density at radius 2 is 2.08 bits per heavy atom.